The number of nitrogens with one attached hydrogen (secondary N) is 1. The minimum atomic E-state index is 0.750. The first kappa shape index (κ1) is 15.8. The predicted octanol–water partition coefficient (Wildman–Crippen LogP) is 4.35. The van der Waals surface area contributed by atoms with Crippen LogP contribution in [0.15, 0.2) is 36.4 Å². The second-order valence-corrected chi connectivity index (χ2v) is 6.13. The van der Waals surface area contributed by atoms with Gasteiger partial charge in [-0.15, -0.1) is 0 Å². The van der Waals surface area contributed by atoms with Crippen molar-refractivity contribution in [3.8, 4) is 11.3 Å². The number of rotatable bonds is 6. The molecule has 1 aliphatic heterocycles. The molecular weight excluding hydrogens is 284 g/mol. The molecule has 3 rings (SSSR count). The Morgan fingerprint density at radius 2 is 1.83 bits per heavy atom. The van der Waals surface area contributed by atoms with Crippen LogP contribution in [-0.2, 0) is 0 Å². The van der Waals surface area contributed by atoms with Crippen molar-refractivity contribution in [3.63, 3.8) is 0 Å². The van der Waals surface area contributed by atoms with E-state index in [9.17, 15) is 0 Å². The molecule has 4 nitrogen and oxygen atoms in total. The number of anilines is 2. The van der Waals surface area contributed by atoms with E-state index < -0.39 is 0 Å². The summed E-state index contributed by atoms with van der Waals surface area (Å²) in [6.07, 6.45) is 6.14. The molecule has 23 heavy (non-hydrogen) atoms. The molecule has 0 radical (unpaired) electrons. The highest BCUT2D eigenvalue weighted by Gasteiger charge is 2.15. The molecule has 0 spiro atoms. The first-order valence-electron chi connectivity index (χ1n) is 8.80. The number of piperidine rings is 1. The Morgan fingerprint density at radius 1 is 1.04 bits per heavy atom. The molecule has 1 saturated heterocycles. The van der Waals surface area contributed by atoms with E-state index in [4.69, 9.17) is 9.97 Å². The highest BCUT2D eigenvalue weighted by Crippen LogP contribution is 2.25. The topological polar surface area (TPSA) is 41.1 Å². The Balaban J connectivity index is 1.89. The summed E-state index contributed by atoms with van der Waals surface area (Å²) in [6.45, 7) is 5.32. The lowest BCUT2D eigenvalue weighted by atomic mass is 10.1. The van der Waals surface area contributed by atoms with E-state index in [0.29, 0.717) is 0 Å². The molecular formula is C19H26N4. The third kappa shape index (κ3) is 4.21. The van der Waals surface area contributed by atoms with Crippen LogP contribution in [-0.4, -0.2) is 29.6 Å². The summed E-state index contributed by atoms with van der Waals surface area (Å²) in [7, 11) is 0. The highest BCUT2D eigenvalue weighted by molar-refractivity contribution is 5.64. The molecule has 4 heteroatoms. The van der Waals surface area contributed by atoms with E-state index in [2.05, 4.69) is 47.5 Å². The summed E-state index contributed by atoms with van der Waals surface area (Å²) in [6, 6.07) is 12.5. The van der Waals surface area contributed by atoms with Crippen molar-refractivity contribution < 1.29 is 0 Å². The third-order valence-electron chi connectivity index (χ3n) is 4.28. The molecule has 1 aromatic heterocycles. The standard InChI is InChI=1S/C19H26N4/c1-2-3-12-20-19-21-17(16-10-6-4-7-11-16)15-18(22-19)23-13-8-5-9-14-23/h4,6-7,10-11,15H,2-3,5,8-9,12-14H2,1H3,(H,20,21,22). The first-order valence-corrected chi connectivity index (χ1v) is 8.80. The van der Waals surface area contributed by atoms with Crippen LogP contribution in [0, 0.1) is 0 Å². The number of hydrogen-bond donors (Lipinski definition) is 1. The fraction of sp³-hybridized carbons (Fsp3) is 0.474. The molecule has 0 bridgehead atoms. The number of hydrogen-bond acceptors (Lipinski definition) is 4. The van der Waals surface area contributed by atoms with Crippen molar-refractivity contribution >= 4 is 11.8 Å². The van der Waals surface area contributed by atoms with Crippen LogP contribution in [0.2, 0.25) is 0 Å². The maximum atomic E-state index is 4.76. The molecule has 0 atom stereocenters. The van der Waals surface area contributed by atoms with E-state index in [-0.39, 0.29) is 0 Å². The average molecular weight is 310 g/mol. The fourth-order valence-corrected chi connectivity index (χ4v) is 2.93. The van der Waals surface area contributed by atoms with Gasteiger partial charge in [0.1, 0.15) is 5.82 Å². The Bertz CT molecular complexity index is 606. The van der Waals surface area contributed by atoms with Crippen molar-refractivity contribution in [2.75, 3.05) is 29.9 Å². The summed E-state index contributed by atoms with van der Waals surface area (Å²) < 4.78 is 0. The van der Waals surface area contributed by atoms with E-state index >= 15 is 0 Å². The minimum Gasteiger partial charge on any atom is -0.356 e. The van der Waals surface area contributed by atoms with E-state index in [1.165, 1.54) is 25.7 Å². The van der Waals surface area contributed by atoms with Gasteiger partial charge in [0.15, 0.2) is 0 Å². The Kier molecular flexibility index (Phi) is 5.46. The summed E-state index contributed by atoms with van der Waals surface area (Å²) >= 11 is 0. The molecule has 2 aromatic rings. The molecule has 1 aromatic carbocycles. The van der Waals surface area contributed by atoms with Crippen molar-refractivity contribution in [2.24, 2.45) is 0 Å². The van der Waals surface area contributed by atoms with Gasteiger partial charge in [-0.05, 0) is 25.7 Å². The Morgan fingerprint density at radius 3 is 2.57 bits per heavy atom. The zero-order valence-corrected chi connectivity index (χ0v) is 14.0. The minimum absolute atomic E-state index is 0.750. The largest absolute Gasteiger partial charge is 0.356 e. The number of nitrogens with zero attached hydrogens (tertiary/aromatic N) is 3. The lowest BCUT2D eigenvalue weighted by molar-refractivity contribution is 0.573. The zero-order valence-electron chi connectivity index (χ0n) is 14.0. The van der Waals surface area contributed by atoms with E-state index in [1.807, 2.05) is 6.07 Å². The quantitative estimate of drug-likeness (QED) is 0.806. The molecule has 0 aliphatic carbocycles. The van der Waals surface area contributed by atoms with Crippen LogP contribution in [0.25, 0.3) is 11.3 Å². The Hall–Kier alpha value is -2.10. The van der Waals surface area contributed by atoms with Crippen LogP contribution < -0.4 is 10.2 Å². The number of benzene rings is 1. The fourth-order valence-electron chi connectivity index (χ4n) is 2.93. The lowest BCUT2D eigenvalue weighted by Crippen LogP contribution is -2.30. The molecule has 2 heterocycles. The maximum absolute atomic E-state index is 4.76. The van der Waals surface area contributed by atoms with Gasteiger partial charge in [-0.25, -0.2) is 4.98 Å². The first-order chi connectivity index (χ1) is 11.4. The third-order valence-corrected chi connectivity index (χ3v) is 4.28. The second kappa shape index (κ2) is 7.95. The van der Waals surface area contributed by atoms with Gasteiger partial charge in [-0.3, -0.25) is 0 Å². The van der Waals surface area contributed by atoms with Gasteiger partial charge in [-0.2, -0.15) is 4.98 Å². The normalized spacial score (nSPS) is 14.7. The summed E-state index contributed by atoms with van der Waals surface area (Å²) in [5.41, 5.74) is 2.15. The van der Waals surface area contributed by atoms with Gasteiger partial charge in [-0.1, -0.05) is 43.7 Å². The smallest absolute Gasteiger partial charge is 0.225 e. The van der Waals surface area contributed by atoms with Gasteiger partial charge in [0.25, 0.3) is 0 Å². The van der Waals surface area contributed by atoms with Gasteiger partial charge in [0.2, 0.25) is 5.95 Å². The van der Waals surface area contributed by atoms with Crippen LogP contribution >= 0.6 is 0 Å². The van der Waals surface area contributed by atoms with Crippen LogP contribution in [0.4, 0.5) is 11.8 Å². The van der Waals surface area contributed by atoms with Gasteiger partial charge in [0.05, 0.1) is 5.69 Å². The Labute approximate surface area is 139 Å². The number of aromatic nitrogens is 2. The van der Waals surface area contributed by atoms with Crippen molar-refractivity contribution in [1.29, 1.82) is 0 Å². The molecule has 122 valence electrons. The zero-order chi connectivity index (χ0) is 15.9. The van der Waals surface area contributed by atoms with Crippen LogP contribution in [0.5, 0.6) is 0 Å². The average Bonchev–Trinajstić information content (AvgIpc) is 2.63. The number of unbranched alkanes of at least 4 members (excludes halogenated alkanes) is 1. The monoisotopic (exact) mass is 310 g/mol. The van der Waals surface area contributed by atoms with Crippen molar-refractivity contribution in [3.05, 3.63) is 36.4 Å². The molecule has 0 unspecified atom stereocenters. The van der Waals surface area contributed by atoms with Crippen LogP contribution in [0.3, 0.4) is 0 Å². The van der Waals surface area contributed by atoms with Gasteiger partial charge in [0, 0.05) is 31.3 Å². The molecule has 1 aliphatic rings. The van der Waals surface area contributed by atoms with Gasteiger partial charge < -0.3 is 10.2 Å². The van der Waals surface area contributed by atoms with E-state index in [0.717, 1.165) is 49.1 Å². The maximum Gasteiger partial charge on any atom is 0.225 e. The molecule has 0 saturated carbocycles. The second-order valence-electron chi connectivity index (χ2n) is 6.13. The molecule has 1 fully saturated rings. The lowest BCUT2D eigenvalue weighted by Gasteiger charge is -2.28. The van der Waals surface area contributed by atoms with Gasteiger partial charge >= 0.3 is 0 Å². The van der Waals surface area contributed by atoms with Crippen LogP contribution in [0.1, 0.15) is 39.0 Å². The SMILES string of the molecule is CCCCNc1nc(-c2ccccc2)cc(N2CCCCC2)n1. The van der Waals surface area contributed by atoms with E-state index in [1.54, 1.807) is 0 Å². The van der Waals surface area contributed by atoms with Crippen molar-refractivity contribution in [1.82, 2.24) is 9.97 Å². The van der Waals surface area contributed by atoms with Crippen molar-refractivity contribution in [2.45, 2.75) is 39.0 Å². The summed E-state index contributed by atoms with van der Waals surface area (Å²) in [5.74, 6) is 1.80. The summed E-state index contributed by atoms with van der Waals surface area (Å²) in [4.78, 5) is 11.9. The molecule has 0 amide bonds. The molecule has 1 N–H and O–H groups in total. The highest BCUT2D eigenvalue weighted by atomic mass is 15.2. The summed E-state index contributed by atoms with van der Waals surface area (Å²) in [5, 5.41) is 3.39. The predicted molar refractivity (Wildman–Crippen MR) is 96.9 cm³/mol.